The molecule has 2 aliphatic heterocycles. The molecule has 1 amide bonds. The van der Waals surface area contributed by atoms with Gasteiger partial charge in [-0.1, -0.05) is 0 Å². The van der Waals surface area contributed by atoms with Crippen molar-refractivity contribution >= 4 is 25.7 Å². The SMILES string of the molecule is CCOC(=O)N[C@H]1[C@H]([C@H](O)[C@H](O)CO)O[C@](OP(=O)([O-])OC[C@H]2O[C@@H](n3ccc(N)nc3=O)[C@H](O)[C@@H]2O)(C(=O)[O-])C[C@@H]1O.[Na+].[Na+]. The van der Waals surface area contributed by atoms with E-state index in [-0.39, 0.29) is 71.5 Å². The predicted molar refractivity (Wildman–Crippen MR) is 130 cm³/mol. The van der Waals surface area contributed by atoms with Crippen LogP contribution in [0.3, 0.4) is 0 Å². The van der Waals surface area contributed by atoms with Crippen molar-refractivity contribution in [1.29, 1.82) is 0 Å². The smallest absolute Gasteiger partial charge is 0.756 e. The zero-order valence-electron chi connectivity index (χ0n) is 24.3. The summed E-state index contributed by atoms with van der Waals surface area (Å²) >= 11 is 0. The molecule has 3 rings (SSSR count). The molecule has 0 radical (unpaired) electrons. The van der Waals surface area contributed by atoms with Gasteiger partial charge in [0.1, 0.15) is 48.4 Å². The number of carboxylic acid groups (broad SMARTS) is 1. The number of aromatic nitrogens is 2. The second kappa shape index (κ2) is 17.6. The largest absolute Gasteiger partial charge is 1.00 e. The number of amides is 1. The first-order valence-electron chi connectivity index (χ1n) is 12.6. The fourth-order valence-corrected chi connectivity index (χ4v) is 5.31. The molecular formula is C21H31N4Na2O17P. The van der Waals surface area contributed by atoms with E-state index in [1.54, 1.807) is 0 Å². The summed E-state index contributed by atoms with van der Waals surface area (Å²) in [5.41, 5.74) is 4.43. The van der Waals surface area contributed by atoms with Crippen LogP contribution in [0.2, 0.25) is 0 Å². The van der Waals surface area contributed by atoms with Crippen molar-refractivity contribution in [1.82, 2.24) is 14.9 Å². The van der Waals surface area contributed by atoms with E-state index in [0.29, 0.717) is 0 Å². The maximum absolute atomic E-state index is 12.7. The van der Waals surface area contributed by atoms with E-state index in [0.717, 1.165) is 10.8 Å². The molecule has 2 fully saturated rings. The molecule has 0 saturated carbocycles. The minimum atomic E-state index is -5.84. The van der Waals surface area contributed by atoms with Gasteiger partial charge in [-0.05, 0) is 13.0 Å². The molecule has 21 nitrogen and oxygen atoms in total. The number of carbonyl (C=O) groups is 2. The summed E-state index contributed by atoms with van der Waals surface area (Å²) < 4.78 is 37.9. The van der Waals surface area contributed by atoms with Gasteiger partial charge in [-0.3, -0.25) is 13.7 Å². The number of aliphatic hydroxyl groups excluding tert-OH is 6. The van der Waals surface area contributed by atoms with Crippen molar-refractivity contribution in [3.8, 4) is 0 Å². The van der Waals surface area contributed by atoms with Crippen LogP contribution in [-0.4, -0.2) is 127 Å². The van der Waals surface area contributed by atoms with Crippen molar-refractivity contribution < 1.29 is 137 Å². The number of nitrogens with two attached hydrogens (primary N) is 1. The number of nitrogens with zero attached hydrogens (tertiary/aromatic N) is 2. The number of nitrogens with one attached hydrogen (secondary N) is 1. The molecule has 1 aromatic rings. The number of rotatable bonds is 12. The van der Waals surface area contributed by atoms with Crippen LogP contribution in [0.5, 0.6) is 0 Å². The summed E-state index contributed by atoms with van der Waals surface area (Å²) in [5.74, 6) is -5.98. The van der Waals surface area contributed by atoms with Gasteiger partial charge >= 0.3 is 70.9 Å². The van der Waals surface area contributed by atoms with Gasteiger partial charge in [0.05, 0.1) is 32.0 Å². The fraction of sp³-hybridized carbons (Fsp3) is 0.714. The average molecular weight is 688 g/mol. The number of hydrogen-bond donors (Lipinski definition) is 8. The first-order valence-corrected chi connectivity index (χ1v) is 14.0. The van der Waals surface area contributed by atoms with Gasteiger partial charge in [0, 0.05) is 12.6 Å². The summed E-state index contributed by atoms with van der Waals surface area (Å²) in [7, 11) is -5.84. The number of phosphoric ester groups is 1. The second-order valence-corrected chi connectivity index (χ2v) is 10.8. The van der Waals surface area contributed by atoms with Gasteiger partial charge < -0.3 is 75.2 Å². The van der Waals surface area contributed by atoms with Gasteiger partial charge in [0.2, 0.25) is 5.79 Å². The van der Waals surface area contributed by atoms with Crippen LogP contribution < -0.4 is 85.9 Å². The third kappa shape index (κ3) is 10.1. The number of phosphoric acid groups is 1. The average Bonchev–Trinajstić information content (AvgIpc) is 3.20. The van der Waals surface area contributed by atoms with Crippen molar-refractivity contribution in [2.24, 2.45) is 0 Å². The number of ether oxygens (including phenoxy) is 3. The molecule has 1 unspecified atom stereocenters. The van der Waals surface area contributed by atoms with Crippen molar-refractivity contribution in [3.63, 3.8) is 0 Å². The zero-order valence-corrected chi connectivity index (χ0v) is 29.2. The molecule has 2 saturated heterocycles. The molecule has 2 aliphatic rings. The molecule has 24 heteroatoms. The molecule has 244 valence electrons. The molecule has 0 bridgehead atoms. The van der Waals surface area contributed by atoms with Crippen LogP contribution in [0.1, 0.15) is 19.6 Å². The Labute approximate surface area is 298 Å². The topological polar surface area (TPSA) is 338 Å². The standard InChI is InChI=1S/C21H33N4O17P.2Na/c1-2-38-20(35)24-12-8(27)5-21(18(32)33,41-16(12)13(29)9(28)6-26)42-43(36,37)39-7-10-14(30)15(31)17(40-10)25-4-3-11(22)23-19(25)34;;/h3-4,8-10,12-17,26-31H,2,5-7H2,1H3,(H,24,35)(H,32,33)(H,36,37)(H2,22,23,34);;/q;2*+1/p-2/t8-,9+,10+,12+,13+,14+,15+,16+,17+,21+;;/m0../s1. The molecular weight excluding hydrogens is 657 g/mol. The normalized spacial score (nSPS) is 32.2. The van der Waals surface area contributed by atoms with E-state index in [1.165, 1.54) is 13.0 Å². The maximum Gasteiger partial charge on any atom is 1.00 e. The molecule has 9 N–H and O–H groups in total. The maximum atomic E-state index is 12.7. The Morgan fingerprint density at radius 3 is 2.49 bits per heavy atom. The van der Waals surface area contributed by atoms with Gasteiger partial charge in [-0.15, -0.1) is 0 Å². The van der Waals surface area contributed by atoms with Crippen LogP contribution in [0.25, 0.3) is 0 Å². The van der Waals surface area contributed by atoms with E-state index in [2.05, 4.69) is 24.1 Å². The summed E-state index contributed by atoms with van der Waals surface area (Å²) in [6, 6.07) is -0.549. The summed E-state index contributed by atoms with van der Waals surface area (Å²) in [4.78, 5) is 52.3. The first-order chi connectivity index (χ1) is 20.1. The third-order valence-corrected chi connectivity index (χ3v) is 7.46. The fourth-order valence-electron chi connectivity index (χ4n) is 4.37. The minimum absolute atomic E-state index is 0. The first kappa shape index (κ1) is 42.2. The van der Waals surface area contributed by atoms with Gasteiger partial charge in [-0.25, -0.2) is 9.59 Å². The number of hydrogen-bond acceptors (Lipinski definition) is 19. The third-order valence-electron chi connectivity index (χ3n) is 6.48. The Bertz CT molecular complexity index is 1260. The Kier molecular flexibility index (Phi) is 16.5. The molecule has 1 aromatic heterocycles. The van der Waals surface area contributed by atoms with Crippen molar-refractivity contribution in [2.45, 2.75) is 74.1 Å². The molecule has 45 heavy (non-hydrogen) atoms. The number of carboxylic acids is 1. The number of aliphatic carboxylic acids is 1. The number of aliphatic hydroxyl groups is 6. The zero-order chi connectivity index (χ0) is 32.3. The summed E-state index contributed by atoms with van der Waals surface area (Å²) in [6.45, 7) is -0.932. The van der Waals surface area contributed by atoms with E-state index < -0.39 is 106 Å². The monoisotopic (exact) mass is 688 g/mol. The number of alkyl carbamates (subject to hydrolysis) is 1. The second-order valence-electron chi connectivity index (χ2n) is 9.45. The Morgan fingerprint density at radius 1 is 1.29 bits per heavy atom. The molecule has 0 spiro atoms. The van der Waals surface area contributed by atoms with Crippen LogP contribution in [0.15, 0.2) is 17.1 Å². The van der Waals surface area contributed by atoms with Crippen molar-refractivity contribution in [3.05, 3.63) is 22.7 Å². The van der Waals surface area contributed by atoms with Gasteiger partial charge in [0.15, 0.2) is 6.23 Å². The number of nitrogen functional groups attached to an aromatic ring is 1. The van der Waals surface area contributed by atoms with E-state index in [9.17, 15) is 59.6 Å². The van der Waals surface area contributed by atoms with Crippen molar-refractivity contribution in [2.75, 3.05) is 25.6 Å². The number of carbonyl (C=O) groups excluding carboxylic acids is 2. The minimum Gasteiger partial charge on any atom is -0.756 e. The van der Waals surface area contributed by atoms with E-state index in [4.69, 9.17) is 15.2 Å². The molecule has 3 heterocycles. The quantitative estimate of drug-likeness (QED) is 0.0746. The van der Waals surface area contributed by atoms with Crippen LogP contribution in [0.4, 0.5) is 10.6 Å². The Balaban J connectivity index is 0.00000506. The molecule has 11 atom stereocenters. The number of anilines is 1. The Hall–Kier alpha value is -0.790. The van der Waals surface area contributed by atoms with Crippen LogP contribution in [0, 0.1) is 0 Å². The van der Waals surface area contributed by atoms with E-state index >= 15 is 0 Å². The van der Waals surface area contributed by atoms with Crippen LogP contribution in [-0.2, 0) is 32.6 Å². The molecule has 0 aliphatic carbocycles. The Morgan fingerprint density at radius 2 is 1.93 bits per heavy atom. The predicted octanol–water partition coefficient (Wildman–Crippen LogP) is -12.6. The van der Waals surface area contributed by atoms with Gasteiger partial charge in [0.25, 0.3) is 7.82 Å². The van der Waals surface area contributed by atoms with E-state index in [1.807, 2.05) is 0 Å². The summed E-state index contributed by atoms with van der Waals surface area (Å²) in [6.07, 6.45) is -16.6. The van der Waals surface area contributed by atoms with Crippen LogP contribution >= 0.6 is 7.82 Å². The summed E-state index contributed by atoms with van der Waals surface area (Å²) in [5, 5.41) is 75.0. The molecule has 0 aromatic carbocycles. The van der Waals surface area contributed by atoms with Gasteiger partial charge in [-0.2, -0.15) is 4.98 Å².